The minimum Gasteiger partial charge on any atom is -0.493 e. The molecule has 3 aromatic carbocycles. The third-order valence-corrected chi connectivity index (χ3v) is 10.4. The summed E-state index contributed by atoms with van der Waals surface area (Å²) in [5.74, 6) is -1.16. The van der Waals surface area contributed by atoms with Crippen LogP contribution in [0.5, 0.6) is 17.2 Å². The minimum atomic E-state index is -3.16. The molecule has 0 radical (unpaired) electrons. The van der Waals surface area contributed by atoms with E-state index in [0.717, 1.165) is 30.7 Å². The predicted octanol–water partition coefficient (Wildman–Crippen LogP) is 7.45. The van der Waals surface area contributed by atoms with Crippen LogP contribution in [0.25, 0.3) is 0 Å². The molecule has 280 valence electrons. The number of rotatable bonds is 13. The Balaban J connectivity index is 1.45. The van der Waals surface area contributed by atoms with E-state index in [4.69, 9.17) is 42.1 Å². The Morgan fingerprint density at radius 1 is 0.962 bits per heavy atom. The Morgan fingerprint density at radius 2 is 1.66 bits per heavy atom. The molecule has 1 amide bonds. The van der Waals surface area contributed by atoms with Gasteiger partial charge in [0.2, 0.25) is 12.4 Å². The molecular weight excluding hydrogens is 735 g/mol. The molecule has 0 unspecified atom stereocenters. The number of fused-ring (bicyclic) bond motifs is 3. The Kier molecular flexibility index (Phi) is 11.8. The van der Waals surface area contributed by atoms with Gasteiger partial charge in [-0.25, -0.2) is 9.59 Å². The van der Waals surface area contributed by atoms with Crippen LogP contribution in [-0.2, 0) is 17.7 Å². The third kappa shape index (κ3) is 8.53. The molecule has 53 heavy (non-hydrogen) atoms. The van der Waals surface area contributed by atoms with Crippen LogP contribution in [0.4, 0.5) is 19.3 Å². The lowest BCUT2D eigenvalue weighted by molar-refractivity contribution is -0.904. The fourth-order valence-electron chi connectivity index (χ4n) is 7.15. The summed E-state index contributed by atoms with van der Waals surface area (Å²) in [5, 5.41) is 20.7. The number of para-hydroxylation sites is 2. The molecule has 3 aliphatic rings. The van der Waals surface area contributed by atoms with Crippen LogP contribution in [0, 0.1) is 5.92 Å². The Morgan fingerprint density at radius 3 is 2.28 bits per heavy atom. The van der Waals surface area contributed by atoms with E-state index in [2.05, 4.69) is 4.90 Å². The molecule has 3 saturated heterocycles. The van der Waals surface area contributed by atoms with E-state index in [9.17, 15) is 28.7 Å². The number of hydrogen-bond acceptors (Lipinski definition) is 8. The Hall–Kier alpha value is -4.85. The number of methoxy groups -OCH3 is 2. The van der Waals surface area contributed by atoms with Gasteiger partial charge in [-0.15, -0.1) is 0 Å². The van der Waals surface area contributed by atoms with Gasteiger partial charge in [0.05, 0.1) is 32.0 Å². The number of piperidine rings is 3. The topological polar surface area (TPSA) is 122 Å². The molecule has 7 rings (SSSR count). The standard InChI is InChI=1S/C38H37Cl2F2N3O8/c1-50-33-10-8-24(16-34(33)51-2)26(17-28-29(39)19-44(49)20-30(28)40)27-15-22(7-9-25(27)36(46)47)18-45(31-5-3-4-6-32(31)52-37(41)42)38(48)53-35-21-43-13-11-23(35)12-14-43/h3-10,15-16,19-20,23,26,35,37H,11-14,17-18,21H2,1-2H3,(H-,46,47,49)/p+1/t26-,35-/m0/s1. The molecule has 2 atom stereocenters. The van der Waals surface area contributed by atoms with Crippen molar-refractivity contribution in [1.29, 1.82) is 0 Å². The SMILES string of the molecule is COc1ccc([C@H](Cc2c(Cl)c[n+](O)cc2Cl)c2cc(CN(C(=O)O[C@H]3CN4CCC3CC4)c3ccccc3OC(F)F)ccc2C(=O)O)cc1OC. The number of alkyl halides is 2. The van der Waals surface area contributed by atoms with Crippen LogP contribution < -0.4 is 23.8 Å². The van der Waals surface area contributed by atoms with Crippen LogP contribution in [-0.4, -0.2) is 73.8 Å². The smallest absolute Gasteiger partial charge is 0.415 e. The third-order valence-electron chi connectivity index (χ3n) is 9.79. The van der Waals surface area contributed by atoms with Crippen LogP contribution in [0.3, 0.4) is 0 Å². The largest absolute Gasteiger partial charge is 0.493 e. The lowest BCUT2D eigenvalue weighted by Crippen LogP contribution is -2.53. The summed E-state index contributed by atoms with van der Waals surface area (Å²) in [7, 11) is 2.97. The lowest BCUT2D eigenvalue weighted by atomic mass is 9.82. The summed E-state index contributed by atoms with van der Waals surface area (Å²) < 4.78 is 49.8. The number of carboxylic acids is 1. The number of aromatic nitrogens is 1. The zero-order chi connectivity index (χ0) is 37.8. The van der Waals surface area contributed by atoms with Gasteiger partial charge in [-0.2, -0.15) is 8.78 Å². The number of anilines is 1. The van der Waals surface area contributed by atoms with Crippen molar-refractivity contribution in [1.82, 2.24) is 4.90 Å². The van der Waals surface area contributed by atoms with Crippen LogP contribution in [0.1, 0.15) is 51.4 Å². The number of carboxylic acid groups (broad SMARTS) is 1. The van der Waals surface area contributed by atoms with E-state index < -0.39 is 24.6 Å². The molecule has 4 heterocycles. The van der Waals surface area contributed by atoms with Crippen molar-refractivity contribution in [2.24, 2.45) is 5.92 Å². The molecule has 2 N–H and O–H groups in total. The number of pyridine rings is 1. The lowest BCUT2D eigenvalue weighted by Gasteiger charge is -2.44. The van der Waals surface area contributed by atoms with Gasteiger partial charge in [0, 0.05) is 22.8 Å². The summed E-state index contributed by atoms with van der Waals surface area (Å²) in [5.41, 5.74) is 1.85. The maximum Gasteiger partial charge on any atom is 0.415 e. The van der Waals surface area contributed by atoms with Gasteiger partial charge in [0.1, 0.15) is 21.9 Å². The molecule has 3 fully saturated rings. The number of hydrogen-bond donors (Lipinski definition) is 2. The predicted molar refractivity (Wildman–Crippen MR) is 191 cm³/mol. The first-order chi connectivity index (χ1) is 25.4. The summed E-state index contributed by atoms with van der Waals surface area (Å²) >= 11 is 13.1. The van der Waals surface area contributed by atoms with Crippen molar-refractivity contribution in [3.63, 3.8) is 0 Å². The molecule has 1 aromatic heterocycles. The average molecular weight is 774 g/mol. The number of nitrogens with zero attached hydrogens (tertiary/aromatic N) is 3. The molecule has 3 aliphatic heterocycles. The number of benzene rings is 3. The van der Waals surface area contributed by atoms with E-state index in [-0.39, 0.29) is 52.0 Å². The van der Waals surface area contributed by atoms with Crippen molar-refractivity contribution in [3.8, 4) is 17.2 Å². The van der Waals surface area contributed by atoms with Crippen LogP contribution in [0.15, 0.2) is 73.1 Å². The van der Waals surface area contributed by atoms with Crippen molar-refractivity contribution in [2.45, 2.75) is 44.4 Å². The zero-order valence-corrected chi connectivity index (χ0v) is 30.4. The molecule has 4 aromatic rings. The maximum absolute atomic E-state index is 14.1. The Labute approximate surface area is 314 Å². The van der Waals surface area contributed by atoms with E-state index in [0.29, 0.717) is 40.3 Å². The Bertz CT molecular complexity index is 1950. The fraction of sp³-hybridized carbons (Fsp3) is 0.342. The molecule has 0 spiro atoms. The van der Waals surface area contributed by atoms with Crippen molar-refractivity contribution in [3.05, 3.63) is 111 Å². The highest BCUT2D eigenvalue weighted by Gasteiger charge is 2.38. The van der Waals surface area contributed by atoms with E-state index in [1.165, 1.54) is 55.8 Å². The van der Waals surface area contributed by atoms with E-state index in [1.54, 1.807) is 36.4 Å². The van der Waals surface area contributed by atoms with Gasteiger partial charge in [0.25, 0.3) is 0 Å². The second-order valence-electron chi connectivity index (χ2n) is 12.9. The highest BCUT2D eigenvalue weighted by molar-refractivity contribution is 6.35. The van der Waals surface area contributed by atoms with Crippen LogP contribution in [0.2, 0.25) is 10.0 Å². The second kappa shape index (κ2) is 16.4. The molecule has 11 nitrogen and oxygen atoms in total. The summed E-state index contributed by atoms with van der Waals surface area (Å²) in [6.07, 6.45) is 3.24. The molecule has 0 saturated carbocycles. The first kappa shape index (κ1) is 37.9. The summed E-state index contributed by atoms with van der Waals surface area (Å²) in [6.45, 7) is -0.923. The quantitative estimate of drug-likeness (QED) is 0.105. The molecule has 15 heteroatoms. The number of halogens is 4. The molecule has 2 bridgehead atoms. The van der Waals surface area contributed by atoms with Gasteiger partial charge in [-0.05, 0) is 85.3 Å². The summed E-state index contributed by atoms with van der Waals surface area (Å²) in [6, 6.07) is 15.7. The van der Waals surface area contributed by atoms with Crippen LogP contribution >= 0.6 is 23.2 Å². The monoisotopic (exact) mass is 772 g/mol. The minimum absolute atomic E-state index is 0.0447. The van der Waals surface area contributed by atoms with E-state index >= 15 is 0 Å². The normalized spacial score (nSPS) is 18.4. The maximum atomic E-state index is 14.1. The molecular formula is C38H38Cl2F2N3O8+. The molecule has 0 aliphatic carbocycles. The van der Waals surface area contributed by atoms with E-state index in [1.807, 2.05) is 0 Å². The van der Waals surface area contributed by atoms with Crippen molar-refractivity contribution < 1.29 is 52.4 Å². The average Bonchev–Trinajstić information content (AvgIpc) is 3.13. The summed E-state index contributed by atoms with van der Waals surface area (Å²) in [4.78, 5) is 30.3. The number of carbonyl (C=O) groups is 2. The van der Waals surface area contributed by atoms with Gasteiger partial charge >= 0.3 is 18.7 Å². The number of carbonyl (C=O) groups excluding carboxylic acids is 1. The highest BCUT2D eigenvalue weighted by Crippen LogP contribution is 2.40. The number of ether oxygens (including phenoxy) is 4. The zero-order valence-electron chi connectivity index (χ0n) is 28.9. The van der Waals surface area contributed by atoms with Gasteiger partial charge in [0.15, 0.2) is 11.5 Å². The fourth-order valence-corrected chi connectivity index (χ4v) is 7.76. The van der Waals surface area contributed by atoms with Gasteiger partial charge in [-0.1, -0.05) is 53.5 Å². The number of amides is 1. The number of aromatic carboxylic acids is 1. The van der Waals surface area contributed by atoms with Gasteiger partial charge < -0.3 is 24.1 Å². The van der Waals surface area contributed by atoms with Crippen molar-refractivity contribution in [2.75, 3.05) is 38.8 Å². The highest BCUT2D eigenvalue weighted by atomic mass is 35.5. The first-order valence-electron chi connectivity index (χ1n) is 16.9. The van der Waals surface area contributed by atoms with Gasteiger partial charge in [-0.3, -0.25) is 15.0 Å². The second-order valence-corrected chi connectivity index (χ2v) is 13.7. The first-order valence-corrected chi connectivity index (χ1v) is 17.6. The van der Waals surface area contributed by atoms with Crippen molar-refractivity contribution >= 4 is 41.0 Å².